The fourth-order valence-corrected chi connectivity index (χ4v) is 4.63. The SMILES string of the molecule is CN1CCN(c2ccccc2-c2ccc(OC(=O)NCCc3ccc(Cl)cc3)s2)CC1. The number of anilines is 1. The highest BCUT2D eigenvalue weighted by Gasteiger charge is 2.18. The molecule has 1 fully saturated rings. The van der Waals surface area contributed by atoms with Gasteiger partial charge in [-0.2, -0.15) is 0 Å². The molecule has 7 heteroatoms. The highest BCUT2D eigenvalue weighted by Crippen LogP contribution is 2.38. The number of carbonyl (C=O) groups excluding carboxylic acids is 1. The summed E-state index contributed by atoms with van der Waals surface area (Å²) in [5, 5.41) is 4.11. The lowest BCUT2D eigenvalue weighted by molar-refractivity contribution is 0.202. The van der Waals surface area contributed by atoms with Crippen molar-refractivity contribution >= 4 is 34.7 Å². The Morgan fingerprint density at radius 2 is 1.77 bits per heavy atom. The Balaban J connectivity index is 1.35. The number of thiophene rings is 1. The number of ether oxygens (including phenoxy) is 1. The van der Waals surface area contributed by atoms with E-state index in [1.54, 1.807) is 0 Å². The van der Waals surface area contributed by atoms with Crippen molar-refractivity contribution in [2.75, 3.05) is 44.7 Å². The topological polar surface area (TPSA) is 44.8 Å². The predicted octanol–water partition coefficient (Wildman–Crippen LogP) is 5.15. The molecule has 1 saturated heterocycles. The molecule has 31 heavy (non-hydrogen) atoms. The zero-order valence-corrected chi connectivity index (χ0v) is 19.1. The minimum Gasteiger partial charge on any atom is -0.399 e. The smallest absolute Gasteiger partial charge is 0.399 e. The fraction of sp³-hybridized carbons (Fsp3) is 0.292. The van der Waals surface area contributed by atoms with E-state index in [4.69, 9.17) is 16.3 Å². The van der Waals surface area contributed by atoms with Gasteiger partial charge in [-0.1, -0.05) is 53.3 Å². The number of hydrogen-bond donors (Lipinski definition) is 1. The standard InChI is InChI=1S/C24H26ClN3O2S/c1-27-14-16-28(17-15-27)21-5-3-2-4-20(21)22-10-11-23(31-22)30-24(29)26-13-12-18-6-8-19(25)9-7-18/h2-11H,12-17H2,1H3,(H,26,29). The molecule has 0 spiro atoms. The zero-order valence-electron chi connectivity index (χ0n) is 17.5. The second-order valence-electron chi connectivity index (χ2n) is 7.62. The molecule has 2 aromatic carbocycles. The van der Waals surface area contributed by atoms with Gasteiger partial charge >= 0.3 is 6.09 Å². The Labute approximate surface area is 192 Å². The van der Waals surface area contributed by atoms with Crippen LogP contribution < -0.4 is 15.0 Å². The van der Waals surface area contributed by atoms with Crippen LogP contribution in [0.1, 0.15) is 5.56 Å². The van der Waals surface area contributed by atoms with Crippen LogP contribution in [-0.4, -0.2) is 50.8 Å². The van der Waals surface area contributed by atoms with Crippen molar-refractivity contribution in [1.29, 1.82) is 0 Å². The van der Waals surface area contributed by atoms with Crippen LogP contribution in [0.2, 0.25) is 5.02 Å². The van der Waals surface area contributed by atoms with E-state index in [1.807, 2.05) is 36.4 Å². The quantitative estimate of drug-likeness (QED) is 0.558. The molecule has 1 aliphatic rings. The number of likely N-dealkylation sites (N-methyl/N-ethyl adjacent to an activating group) is 1. The second kappa shape index (κ2) is 10.2. The summed E-state index contributed by atoms with van der Waals surface area (Å²) < 4.78 is 5.50. The molecule has 0 atom stereocenters. The second-order valence-corrected chi connectivity index (χ2v) is 9.10. The summed E-state index contributed by atoms with van der Waals surface area (Å²) in [6.45, 7) is 4.65. The Bertz CT molecular complexity index is 1010. The maximum atomic E-state index is 12.2. The molecule has 3 aromatic rings. The Morgan fingerprint density at radius 1 is 1.03 bits per heavy atom. The number of halogens is 1. The minimum absolute atomic E-state index is 0.435. The maximum Gasteiger partial charge on any atom is 0.413 e. The molecule has 5 nitrogen and oxygen atoms in total. The van der Waals surface area contributed by atoms with Crippen molar-refractivity contribution < 1.29 is 9.53 Å². The van der Waals surface area contributed by atoms with Crippen LogP contribution in [0.4, 0.5) is 10.5 Å². The average molecular weight is 456 g/mol. The van der Waals surface area contributed by atoms with E-state index in [9.17, 15) is 4.79 Å². The summed E-state index contributed by atoms with van der Waals surface area (Å²) in [4.78, 5) is 18.1. The molecule has 2 heterocycles. The molecule has 0 saturated carbocycles. The monoisotopic (exact) mass is 455 g/mol. The molecule has 0 aliphatic carbocycles. The van der Waals surface area contributed by atoms with Crippen LogP contribution in [0.5, 0.6) is 5.06 Å². The van der Waals surface area contributed by atoms with Gasteiger partial charge in [-0.05, 0) is 49.4 Å². The average Bonchev–Trinajstić information content (AvgIpc) is 3.24. The lowest BCUT2D eigenvalue weighted by Crippen LogP contribution is -2.44. The van der Waals surface area contributed by atoms with Gasteiger partial charge in [0.15, 0.2) is 5.06 Å². The zero-order chi connectivity index (χ0) is 21.6. The number of nitrogens with zero attached hydrogens (tertiary/aromatic N) is 2. The summed E-state index contributed by atoms with van der Waals surface area (Å²) >= 11 is 7.39. The van der Waals surface area contributed by atoms with Crippen molar-refractivity contribution in [1.82, 2.24) is 10.2 Å². The Hall–Kier alpha value is -2.54. The number of hydrogen-bond acceptors (Lipinski definition) is 5. The first-order valence-electron chi connectivity index (χ1n) is 10.4. The van der Waals surface area contributed by atoms with E-state index in [1.165, 1.54) is 22.6 Å². The molecule has 1 aromatic heterocycles. The molecular weight excluding hydrogens is 430 g/mol. The van der Waals surface area contributed by atoms with Crippen LogP contribution in [0.3, 0.4) is 0 Å². The van der Waals surface area contributed by atoms with E-state index < -0.39 is 6.09 Å². The van der Waals surface area contributed by atoms with Crippen molar-refractivity contribution in [2.45, 2.75) is 6.42 Å². The Morgan fingerprint density at radius 3 is 2.55 bits per heavy atom. The van der Waals surface area contributed by atoms with Gasteiger partial charge in [0.05, 0.1) is 0 Å². The largest absolute Gasteiger partial charge is 0.413 e. The molecular formula is C24H26ClN3O2S. The third-order valence-corrected chi connectivity index (χ3v) is 6.63. The number of nitrogens with one attached hydrogen (secondary N) is 1. The first-order valence-corrected chi connectivity index (χ1v) is 11.6. The van der Waals surface area contributed by atoms with Crippen LogP contribution in [-0.2, 0) is 6.42 Å². The fourth-order valence-electron chi connectivity index (χ4n) is 3.61. The molecule has 162 valence electrons. The first kappa shape index (κ1) is 21.7. The number of rotatable bonds is 6. The molecule has 1 amide bonds. The van der Waals surface area contributed by atoms with Crippen LogP contribution >= 0.6 is 22.9 Å². The van der Waals surface area contributed by atoms with Crippen LogP contribution in [0.15, 0.2) is 60.7 Å². The van der Waals surface area contributed by atoms with E-state index >= 15 is 0 Å². The van der Waals surface area contributed by atoms with Crippen molar-refractivity contribution in [3.63, 3.8) is 0 Å². The summed E-state index contributed by atoms with van der Waals surface area (Å²) in [5.41, 5.74) is 3.52. The molecule has 1 aliphatic heterocycles. The molecule has 4 rings (SSSR count). The summed E-state index contributed by atoms with van der Waals surface area (Å²) in [6, 6.07) is 19.9. The number of amides is 1. The van der Waals surface area contributed by atoms with Gasteiger partial charge in [-0.15, -0.1) is 0 Å². The van der Waals surface area contributed by atoms with E-state index in [-0.39, 0.29) is 0 Å². The van der Waals surface area contributed by atoms with Gasteiger partial charge < -0.3 is 19.9 Å². The van der Waals surface area contributed by atoms with Gasteiger partial charge in [0.25, 0.3) is 0 Å². The molecule has 1 N–H and O–H groups in total. The van der Waals surface area contributed by atoms with Crippen LogP contribution in [0.25, 0.3) is 10.4 Å². The predicted molar refractivity (Wildman–Crippen MR) is 129 cm³/mol. The minimum atomic E-state index is -0.435. The summed E-state index contributed by atoms with van der Waals surface area (Å²) in [7, 11) is 2.16. The maximum absolute atomic E-state index is 12.2. The lowest BCUT2D eigenvalue weighted by Gasteiger charge is -2.35. The van der Waals surface area contributed by atoms with E-state index in [2.05, 4.69) is 46.4 Å². The third kappa shape index (κ3) is 5.79. The number of piperazine rings is 1. The van der Waals surface area contributed by atoms with E-state index in [0.717, 1.165) is 43.0 Å². The van der Waals surface area contributed by atoms with Gasteiger partial charge in [0.1, 0.15) is 0 Å². The molecule has 0 bridgehead atoms. The normalized spacial score (nSPS) is 14.5. The summed E-state index contributed by atoms with van der Waals surface area (Å²) in [6.07, 6.45) is 0.287. The van der Waals surface area contributed by atoms with Gasteiger partial charge in [0, 0.05) is 53.9 Å². The number of benzene rings is 2. The number of para-hydroxylation sites is 1. The van der Waals surface area contributed by atoms with Crippen molar-refractivity contribution in [2.24, 2.45) is 0 Å². The van der Waals surface area contributed by atoms with Gasteiger partial charge in [-0.25, -0.2) is 4.79 Å². The van der Waals surface area contributed by atoms with Gasteiger partial charge in [0.2, 0.25) is 0 Å². The van der Waals surface area contributed by atoms with Crippen molar-refractivity contribution in [3.8, 4) is 15.5 Å². The Kier molecular flexibility index (Phi) is 7.12. The highest BCUT2D eigenvalue weighted by atomic mass is 35.5. The van der Waals surface area contributed by atoms with E-state index in [0.29, 0.717) is 16.6 Å². The third-order valence-electron chi connectivity index (χ3n) is 5.38. The summed E-state index contributed by atoms with van der Waals surface area (Å²) in [5.74, 6) is 0. The van der Waals surface area contributed by atoms with Crippen LogP contribution in [0, 0.1) is 0 Å². The van der Waals surface area contributed by atoms with Crippen molar-refractivity contribution in [3.05, 3.63) is 71.2 Å². The van der Waals surface area contributed by atoms with Gasteiger partial charge in [-0.3, -0.25) is 0 Å². The molecule has 0 unspecified atom stereocenters. The lowest BCUT2D eigenvalue weighted by atomic mass is 10.1. The first-order chi connectivity index (χ1) is 15.1. The number of carbonyl (C=O) groups is 1. The molecule has 0 radical (unpaired) electrons. The highest BCUT2D eigenvalue weighted by molar-refractivity contribution is 7.17.